The summed E-state index contributed by atoms with van der Waals surface area (Å²) in [5.41, 5.74) is 0. The second kappa shape index (κ2) is 5.18. The quantitative estimate of drug-likeness (QED) is 0.670. The van der Waals surface area contributed by atoms with Crippen LogP contribution >= 0.6 is 0 Å². The zero-order valence-corrected chi connectivity index (χ0v) is 7.94. The highest BCUT2D eigenvalue weighted by atomic mass is 16.5. The van der Waals surface area contributed by atoms with Crippen molar-refractivity contribution in [3.8, 4) is 6.07 Å². The van der Waals surface area contributed by atoms with Gasteiger partial charge in [-0.25, -0.2) is 0 Å². The highest BCUT2D eigenvalue weighted by Gasteiger charge is 2.24. The van der Waals surface area contributed by atoms with Crippen LogP contribution in [-0.2, 0) is 4.74 Å². The Hall–Kier alpha value is -0.630. The second-order valence-electron chi connectivity index (χ2n) is 3.39. The van der Waals surface area contributed by atoms with Crippen molar-refractivity contribution in [3.05, 3.63) is 0 Å². The monoisotopic (exact) mass is 184 g/mol. The summed E-state index contributed by atoms with van der Waals surface area (Å²) in [6.07, 6.45) is 0.470. The number of rotatable bonds is 3. The number of nitrogens with zero attached hydrogens (tertiary/aromatic N) is 2. The van der Waals surface area contributed by atoms with E-state index in [9.17, 15) is 0 Å². The van der Waals surface area contributed by atoms with E-state index in [0.717, 1.165) is 13.1 Å². The van der Waals surface area contributed by atoms with Crippen LogP contribution in [0.4, 0.5) is 0 Å². The molecule has 0 amide bonds. The fraction of sp³-hybridized carbons (Fsp3) is 0.889. The first-order valence-electron chi connectivity index (χ1n) is 4.61. The predicted molar refractivity (Wildman–Crippen MR) is 48.1 cm³/mol. The molecule has 0 bridgehead atoms. The Morgan fingerprint density at radius 3 is 3.08 bits per heavy atom. The maximum absolute atomic E-state index is 8.90. The third-order valence-electron chi connectivity index (χ3n) is 2.35. The molecule has 1 N–H and O–H groups in total. The maximum Gasteiger partial charge on any atom is 0.0933 e. The van der Waals surface area contributed by atoms with Crippen LogP contribution in [0, 0.1) is 11.3 Å². The van der Waals surface area contributed by atoms with Gasteiger partial charge in [-0.2, -0.15) is 5.26 Å². The van der Waals surface area contributed by atoms with Crippen molar-refractivity contribution in [1.29, 1.82) is 5.26 Å². The summed E-state index contributed by atoms with van der Waals surface area (Å²) in [7, 11) is 0. The lowest BCUT2D eigenvalue weighted by Crippen LogP contribution is -2.49. The minimum absolute atomic E-state index is 0.0653. The molecule has 1 fully saturated rings. The molecule has 1 rings (SSSR count). The normalized spacial score (nSPS) is 29.9. The molecular weight excluding hydrogens is 168 g/mol. The lowest BCUT2D eigenvalue weighted by molar-refractivity contribution is -0.0770. The number of nitriles is 1. The van der Waals surface area contributed by atoms with Crippen molar-refractivity contribution < 1.29 is 9.84 Å². The zero-order valence-electron chi connectivity index (χ0n) is 7.94. The summed E-state index contributed by atoms with van der Waals surface area (Å²) < 4.78 is 5.38. The average Bonchev–Trinajstić information content (AvgIpc) is 2.17. The smallest absolute Gasteiger partial charge is 0.0933 e. The Kier molecular flexibility index (Phi) is 4.16. The molecule has 0 aromatic rings. The maximum atomic E-state index is 8.90. The second-order valence-corrected chi connectivity index (χ2v) is 3.39. The van der Waals surface area contributed by atoms with Crippen LogP contribution in [0.1, 0.15) is 13.3 Å². The lowest BCUT2D eigenvalue weighted by atomic mass is 10.2. The van der Waals surface area contributed by atoms with Crippen molar-refractivity contribution in [2.45, 2.75) is 25.5 Å². The molecule has 1 aliphatic rings. The van der Waals surface area contributed by atoms with E-state index in [-0.39, 0.29) is 12.7 Å². The average molecular weight is 184 g/mol. The SMILES string of the molecule is CC1COC(CO)CN1CCC#N. The Morgan fingerprint density at radius 1 is 1.69 bits per heavy atom. The van der Waals surface area contributed by atoms with Gasteiger partial charge in [0, 0.05) is 25.6 Å². The number of morpholine rings is 1. The van der Waals surface area contributed by atoms with Crippen LogP contribution in [0.5, 0.6) is 0 Å². The van der Waals surface area contributed by atoms with Crippen LogP contribution in [0.15, 0.2) is 0 Å². The van der Waals surface area contributed by atoms with Crippen LogP contribution in [0.2, 0.25) is 0 Å². The lowest BCUT2D eigenvalue weighted by Gasteiger charge is -2.36. The highest BCUT2D eigenvalue weighted by Crippen LogP contribution is 2.11. The fourth-order valence-electron chi connectivity index (χ4n) is 1.49. The molecule has 1 heterocycles. The Balaban J connectivity index is 2.36. The molecule has 1 aliphatic heterocycles. The Bertz CT molecular complexity index is 191. The van der Waals surface area contributed by atoms with Gasteiger partial charge >= 0.3 is 0 Å². The molecule has 4 heteroatoms. The minimum atomic E-state index is -0.0742. The van der Waals surface area contributed by atoms with Crippen molar-refractivity contribution >= 4 is 0 Å². The van der Waals surface area contributed by atoms with E-state index in [0.29, 0.717) is 19.1 Å². The Morgan fingerprint density at radius 2 is 2.46 bits per heavy atom. The van der Waals surface area contributed by atoms with Crippen LogP contribution in [0.25, 0.3) is 0 Å². The van der Waals surface area contributed by atoms with E-state index < -0.39 is 0 Å². The first-order valence-corrected chi connectivity index (χ1v) is 4.61. The molecule has 0 spiro atoms. The molecule has 13 heavy (non-hydrogen) atoms. The molecule has 2 atom stereocenters. The molecule has 4 nitrogen and oxygen atoms in total. The summed E-state index contributed by atoms with van der Waals surface area (Å²) in [6.45, 7) is 4.30. The van der Waals surface area contributed by atoms with Crippen molar-refractivity contribution in [1.82, 2.24) is 4.90 Å². The molecular formula is C9H16N2O2. The third-order valence-corrected chi connectivity index (χ3v) is 2.35. The van der Waals surface area contributed by atoms with Gasteiger partial charge in [-0.05, 0) is 6.92 Å². The first-order chi connectivity index (χ1) is 6.27. The van der Waals surface area contributed by atoms with Gasteiger partial charge in [0.2, 0.25) is 0 Å². The topological polar surface area (TPSA) is 56.5 Å². The summed E-state index contributed by atoms with van der Waals surface area (Å²) in [6, 6.07) is 2.48. The summed E-state index contributed by atoms with van der Waals surface area (Å²) in [5, 5.41) is 17.4. The molecule has 0 aliphatic carbocycles. The summed E-state index contributed by atoms with van der Waals surface area (Å²) >= 11 is 0. The van der Waals surface area contributed by atoms with Crippen LogP contribution in [-0.4, -0.2) is 48.5 Å². The van der Waals surface area contributed by atoms with Crippen LogP contribution < -0.4 is 0 Å². The standard InChI is InChI=1S/C9H16N2O2/c1-8-7-13-9(6-12)5-11(8)4-2-3-10/h8-9,12H,2,4-7H2,1H3. The fourth-order valence-corrected chi connectivity index (χ4v) is 1.49. The number of ether oxygens (including phenoxy) is 1. The van der Waals surface area contributed by atoms with E-state index in [2.05, 4.69) is 17.9 Å². The van der Waals surface area contributed by atoms with Gasteiger partial charge in [-0.15, -0.1) is 0 Å². The van der Waals surface area contributed by atoms with E-state index in [4.69, 9.17) is 15.1 Å². The Labute approximate surface area is 78.7 Å². The number of aliphatic hydroxyl groups excluding tert-OH is 1. The van der Waals surface area contributed by atoms with Gasteiger partial charge < -0.3 is 9.84 Å². The molecule has 0 saturated carbocycles. The van der Waals surface area contributed by atoms with Gasteiger partial charge in [0.05, 0.1) is 25.4 Å². The zero-order chi connectivity index (χ0) is 9.68. The minimum Gasteiger partial charge on any atom is -0.394 e. The van der Waals surface area contributed by atoms with Gasteiger partial charge in [0.25, 0.3) is 0 Å². The van der Waals surface area contributed by atoms with E-state index in [1.807, 2.05) is 0 Å². The summed E-state index contributed by atoms with van der Waals surface area (Å²) in [5.74, 6) is 0. The van der Waals surface area contributed by atoms with Crippen molar-refractivity contribution in [2.24, 2.45) is 0 Å². The van der Waals surface area contributed by atoms with Gasteiger partial charge in [0.1, 0.15) is 0 Å². The van der Waals surface area contributed by atoms with E-state index >= 15 is 0 Å². The summed E-state index contributed by atoms with van der Waals surface area (Å²) in [4.78, 5) is 2.19. The van der Waals surface area contributed by atoms with E-state index in [1.165, 1.54) is 0 Å². The van der Waals surface area contributed by atoms with Gasteiger partial charge in [-0.3, -0.25) is 4.90 Å². The molecule has 1 saturated heterocycles. The number of hydrogen-bond donors (Lipinski definition) is 1. The molecule has 2 unspecified atom stereocenters. The van der Waals surface area contributed by atoms with Crippen molar-refractivity contribution in [3.63, 3.8) is 0 Å². The van der Waals surface area contributed by atoms with Crippen molar-refractivity contribution in [2.75, 3.05) is 26.3 Å². The largest absolute Gasteiger partial charge is 0.394 e. The van der Waals surface area contributed by atoms with E-state index in [1.54, 1.807) is 0 Å². The highest BCUT2D eigenvalue weighted by molar-refractivity contribution is 4.80. The molecule has 0 radical (unpaired) electrons. The number of hydrogen-bond acceptors (Lipinski definition) is 4. The molecule has 0 aromatic heterocycles. The third kappa shape index (κ3) is 2.96. The molecule has 74 valence electrons. The van der Waals surface area contributed by atoms with Crippen LogP contribution in [0.3, 0.4) is 0 Å². The molecule has 0 aromatic carbocycles. The number of aliphatic hydroxyl groups is 1. The first kappa shape index (κ1) is 10.5. The van der Waals surface area contributed by atoms with Gasteiger partial charge in [0.15, 0.2) is 0 Å². The predicted octanol–water partition coefficient (Wildman–Crippen LogP) is -0.0183. The van der Waals surface area contributed by atoms with Gasteiger partial charge in [-0.1, -0.05) is 0 Å².